The largest absolute Gasteiger partial charge is 0.468 e. The topological polar surface area (TPSA) is 69.4 Å². The molecular formula is C10H25NO3. The van der Waals surface area contributed by atoms with Gasteiger partial charge < -0.3 is 15.3 Å². The number of carbonyl (C=O) groups is 2. The summed E-state index contributed by atoms with van der Waals surface area (Å²) in [5.74, 6) is 0.454. The second-order valence-corrected chi connectivity index (χ2v) is 2.51. The number of rotatable bonds is 1. The summed E-state index contributed by atoms with van der Waals surface area (Å²) in [6.45, 7) is 12.5. The van der Waals surface area contributed by atoms with E-state index >= 15 is 0 Å². The second-order valence-electron chi connectivity index (χ2n) is 2.51. The molecule has 2 N–H and O–H groups in total. The van der Waals surface area contributed by atoms with Gasteiger partial charge in [-0.05, 0) is 5.92 Å². The molecule has 0 aromatic rings. The van der Waals surface area contributed by atoms with Gasteiger partial charge >= 0.3 is 5.97 Å². The molecule has 0 saturated carbocycles. The van der Waals surface area contributed by atoms with E-state index in [2.05, 4.69) is 25.5 Å². The van der Waals surface area contributed by atoms with Crippen LogP contribution in [0.25, 0.3) is 0 Å². The van der Waals surface area contributed by atoms with Crippen LogP contribution in [0.5, 0.6) is 0 Å². The summed E-state index contributed by atoms with van der Waals surface area (Å²) < 4.78 is 4.14. The minimum atomic E-state index is -0.380. The van der Waals surface area contributed by atoms with Gasteiger partial charge in [-0.25, -0.2) is 0 Å². The Morgan fingerprint density at radius 2 is 1.50 bits per heavy atom. The van der Waals surface area contributed by atoms with Crippen LogP contribution in [-0.2, 0) is 14.3 Å². The Kier molecular flexibility index (Phi) is 48.9. The van der Waals surface area contributed by atoms with Gasteiger partial charge in [0.05, 0.1) is 13.7 Å². The Morgan fingerprint density at radius 3 is 1.50 bits per heavy atom. The lowest BCUT2D eigenvalue weighted by Crippen LogP contribution is -2.14. The van der Waals surface area contributed by atoms with Crippen LogP contribution in [0.1, 0.15) is 34.6 Å². The molecule has 4 nitrogen and oxygen atoms in total. The van der Waals surface area contributed by atoms with Crippen LogP contribution in [0.3, 0.4) is 0 Å². The quantitative estimate of drug-likeness (QED) is 0.663. The molecule has 0 fully saturated rings. The van der Waals surface area contributed by atoms with Gasteiger partial charge in [0.15, 0.2) is 0 Å². The summed E-state index contributed by atoms with van der Waals surface area (Å²) >= 11 is 0. The van der Waals surface area contributed by atoms with E-state index in [1.54, 1.807) is 0 Å². The van der Waals surface area contributed by atoms with Gasteiger partial charge in [0.25, 0.3) is 0 Å². The van der Waals surface area contributed by atoms with Crippen molar-refractivity contribution < 1.29 is 14.3 Å². The molecule has 88 valence electrons. The zero-order valence-corrected chi connectivity index (χ0v) is 10.3. The van der Waals surface area contributed by atoms with Crippen molar-refractivity contribution in [1.29, 1.82) is 0 Å². The smallest absolute Gasteiger partial charge is 0.319 e. The molecule has 0 heterocycles. The van der Waals surface area contributed by atoms with Gasteiger partial charge in [0, 0.05) is 0 Å². The van der Waals surface area contributed by atoms with Crippen LogP contribution in [0.4, 0.5) is 0 Å². The predicted molar refractivity (Wildman–Crippen MR) is 60.1 cm³/mol. The van der Waals surface area contributed by atoms with E-state index in [1.807, 2.05) is 20.6 Å². The van der Waals surface area contributed by atoms with E-state index in [4.69, 9.17) is 10.5 Å². The summed E-state index contributed by atoms with van der Waals surface area (Å²) in [4.78, 5) is 17.8. The molecule has 14 heavy (non-hydrogen) atoms. The average Bonchev–Trinajstić information content (AvgIpc) is 2.22. The maximum Gasteiger partial charge on any atom is 0.319 e. The Balaban J connectivity index is -0.0000000546. The van der Waals surface area contributed by atoms with Crippen molar-refractivity contribution in [3.05, 3.63) is 0 Å². The molecule has 0 saturated heterocycles. The van der Waals surface area contributed by atoms with Crippen LogP contribution in [0, 0.1) is 5.92 Å². The van der Waals surface area contributed by atoms with Gasteiger partial charge in [0.2, 0.25) is 0 Å². The van der Waals surface area contributed by atoms with Gasteiger partial charge in [-0.1, -0.05) is 34.6 Å². The number of hydrogen-bond donors (Lipinski definition) is 1. The van der Waals surface area contributed by atoms with Crippen LogP contribution in [0.15, 0.2) is 0 Å². The first kappa shape index (κ1) is 23.2. The highest BCUT2D eigenvalue weighted by molar-refractivity contribution is 5.70. The number of ether oxygens (including phenoxy) is 1. The zero-order valence-electron chi connectivity index (χ0n) is 10.3. The normalized spacial score (nSPS) is 6.57. The van der Waals surface area contributed by atoms with Crippen LogP contribution in [-0.4, -0.2) is 26.4 Å². The third-order valence-electron chi connectivity index (χ3n) is 0.394. The molecule has 0 unspecified atom stereocenters. The van der Waals surface area contributed by atoms with E-state index in [-0.39, 0.29) is 12.5 Å². The van der Waals surface area contributed by atoms with Crippen LogP contribution in [0.2, 0.25) is 0 Å². The lowest BCUT2D eigenvalue weighted by atomic mass is 10.3. The monoisotopic (exact) mass is 207 g/mol. The maximum absolute atomic E-state index is 9.83. The lowest BCUT2D eigenvalue weighted by Gasteiger charge is -1.87. The van der Waals surface area contributed by atoms with Crippen LogP contribution < -0.4 is 5.73 Å². The fraction of sp³-hybridized carbons (Fsp3) is 0.800. The third-order valence-corrected chi connectivity index (χ3v) is 0.394. The van der Waals surface area contributed by atoms with Crippen molar-refractivity contribution in [1.82, 2.24) is 0 Å². The highest BCUT2D eigenvalue weighted by atomic mass is 16.5. The molecule has 4 heteroatoms. The second kappa shape index (κ2) is 29.6. The molecular weight excluding hydrogens is 182 g/mol. The Hall–Kier alpha value is -0.900. The van der Waals surface area contributed by atoms with Crippen molar-refractivity contribution >= 4 is 12.8 Å². The van der Waals surface area contributed by atoms with Crippen molar-refractivity contribution in [2.45, 2.75) is 34.6 Å². The van der Waals surface area contributed by atoms with Crippen molar-refractivity contribution in [2.75, 3.05) is 13.7 Å². The molecule has 0 atom stereocenters. The third kappa shape index (κ3) is 118. The van der Waals surface area contributed by atoms with Gasteiger partial charge in [-0.3, -0.25) is 4.79 Å². The minimum absolute atomic E-state index is 0.0312. The predicted octanol–water partition coefficient (Wildman–Crippen LogP) is 1.62. The molecule has 0 aliphatic carbocycles. The summed E-state index contributed by atoms with van der Waals surface area (Å²) in [6, 6.07) is 0. The molecule has 0 aliphatic heterocycles. The number of hydrogen-bond acceptors (Lipinski definition) is 4. The van der Waals surface area contributed by atoms with E-state index in [0.29, 0.717) is 0 Å². The molecule has 0 rings (SSSR count). The highest BCUT2D eigenvalue weighted by Crippen LogP contribution is 1.81. The standard InChI is InChI=1S/C4H10.C3H7NO2.C2H6.CH2O/c1-4(2)3;1-6-3(5)2-4;2*1-2/h4H,1-3H3;2,4H2,1H3;1-2H3;1H2. The summed E-state index contributed by atoms with van der Waals surface area (Å²) in [5, 5.41) is 0. The lowest BCUT2D eigenvalue weighted by molar-refractivity contribution is -0.138. The molecule has 0 amide bonds. The Labute approximate surface area is 87.8 Å². The van der Waals surface area contributed by atoms with Crippen LogP contribution >= 0.6 is 0 Å². The first-order valence-electron chi connectivity index (χ1n) is 4.60. The number of esters is 1. The SMILES string of the molecule is C=O.CC.CC(C)C.COC(=O)CN. The van der Waals surface area contributed by atoms with E-state index in [1.165, 1.54) is 7.11 Å². The summed E-state index contributed by atoms with van der Waals surface area (Å²) in [5.41, 5.74) is 4.81. The summed E-state index contributed by atoms with van der Waals surface area (Å²) in [6.07, 6.45) is 0. The fourth-order valence-electron chi connectivity index (χ4n) is 0.0833. The van der Waals surface area contributed by atoms with E-state index < -0.39 is 0 Å². The molecule has 0 aliphatic rings. The average molecular weight is 207 g/mol. The van der Waals surface area contributed by atoms with Crippen molar-refractivity contribution in [3.63, 3.8) is 0 Å². The number of nitrogens with two attached hydrogens (primary N) is 1. The number of methoxy groups -OCH3 is 1. The van der Waals surface area contributed by atoms with Crippen molar-refractivity contribution in [3.8, 4) is 0 Å². The van der Waals surface area contributed by atoms with E-state index in [9.17, 15) is 4.79 Å². The van der Waals surface area contributed by atoms with Crippen molar-refractivity contribution in [2.24, 2.45) is 11.7 Å². The van der Waals surface area contributed by atoms with Gasteiger partial charge in [0.1, 0.15) is 6.79 Å². The van der Waals surface area contributed by atoms with Gasteiger partial charge in [-0.2, -0.15) is 0 Å². The first-order valence-corrected chi connectivity index (χ1v) is 4.60. The van der Waals surface area contributed by atoms with Gasteiger partial charge in [-0.15, -0.1) is 0 Å². The fourth-order valence-corrected chi connectivity index (χ4v) is 0.0833. The molecule has 0 aromatic carbocycles. The molecule has 0 spiro atoms. The highest BCUT2D eigenvalue weighted by Gasteiger charge is 1.87. The Bertz CT molecular complexity index is 86.6. The van der Waals surface area contributed by atoms with E-state index in [0.717, 1.165) is 5.92 Å². The molecule has 0 bridgehead atoms. The molecule has 0 aromatic heterocycles. The first-order chi connectivity index (χ1) is 6.54. The summed E-state index contributed by atoms with van der Waals surface area (Å²) in [7, 11) is 1.30. The zero-order chi connectivity index (χ0) is 12.6. The molecule has 0 radical (unpaired) electrons. The Morgan fingerprint density at radius 1 is 1.29 bits per heavy atom. The maximum atomic E-state index is 9.83. The number of carbonyl (C=O) groups excluding carboxylic acids is 2. The minimum Gasteiger partial charge on any atom is -0.468 e.